The molecule has 0 aromatic heterocycles. The smallest absolute Gasteiger partial charge is 0.309 e. The summed E-state index contributed by atoms with van der Waals surface area (Å²) in [6.45, 7) is 2.24. The van der Waals surface area contributed by atoms with Gasteiger partial charge >= 0.3 is 5.97 Å². The zero-order chi connectivity index (χ0) is 23.5. The number of benzene rings is 1. The number of rotatable bonds is 9. The third-order valence-electron chi connectivity index (χ3n) is 7.31. The molecular weight excluding hydrogens is 413 g/mol. The molecule has 1 aromatic carbocycles. The van der Waals surface area contributed by atoms with Crippen molar-refractivity contribution < 1.29 is 13.9 Å². The summed E-state index contributed by atoms with van der Waals surface area (Å²) in [5.41, 5.74) is 2.86. The van der Waals surface area contributed by atoms with Crippen LogP contribution in [0.2, 0.25) is 0 Å². The Balaban J connectivity index is 1.37. The Morgan fingerprint density at radius 2 is 1.76 bits per heavy atom. The van der Waals surface area contributed by atoms with Crippen molar-refractivity contribution in [3.63, 3.8) is 0 Å². The SMILES string of the molecule is CCCCCc1ccc([C@H]2CC[C@H](OC(=O)[C@H]3CC[C@H](C=CC=C(F)C#N)CC3)CC2)cc1. The Bertz CT molecular complexity index is 835. The summed E-state index contributed by atoms with van der Waals surface area (Å²) >= 11 is 0. The summed E-state index contributed by atoms with van der Waals surface area (Å²) in [5.74, 6) is 0.0847. The number of unbranched alkanes of at least 4 members (excludes halogenated alkanes) is 2. The van der Waals surface area contributed by atoms with Crippen LogP contribution in [-0.2, 0) is 16.0 Å². The third kappa shape index (κ3) is 8.14. The second-order valence-electron chi connectivity index (χ2n) is 9.73. The van der Waals surface area contributed by atoms with E-state index in [-0.39, 0.29) is 18.0 Å². The normalized spacial score (nSPS) is 26.2. The van der Waals surface area contributed by atoms with Gasteiger partial charge in [-0.2, -0.15) is 9.65 Å². The van der Waals surface area contributed by atoms with Crippen molar-refractivity contribution >= 4 is 5.97 Å². The van der Waals surface area contributed by atoms with Gasteiger partial charge in [-0.3, -0.25) is 4.79 Å². The van der Waals surface area contributed by atoms with E-state index in [0.717, 1.165) is 51.4 Å². The van der Waals surface area contributed by atoms with Crippen molar-refractivity contribution in [3.8, 4) is 6.07 Å². The van der Waals surface area contributed by atoms with Crippen LogP contribution in [0.15, 0.2) is 48.3 Å². The molecule has 0 spiro atoms. The molecule has 2 fully saturated rings. The van der Waals surface area contributed by atoms with E-state index in [1.807, 2.05) is 6.08 Å². The minimum absolute atomic E-state index is 0.0148. The zero-order valence-electron chi connectivity index (χ0n) is 20.0. The highest BCUT2D eigenvalue weighted by atomic mass is 19.1. The fourth-order valence-corrected chi connectivity index (χ4v) is 5.19. The van der Waals surface area contributed by atoms with Gasteiger partial charge in [0.15, 0.2) is 5.83 Å². The van der Waals surface area contributed by atoms with Crippen LogP contribution in [0.1, 0.15) is 94.6 Å². The molecule has 2 aliphatic rings. The maximum atomic E-state index is 12.9. The highest BCUT2D eigenvalue weighted by molar-refractivity contribution is 5.72. The number of aryl methyl sites for hydroxylation is 1. The highest BCUT2D eigenvalue weighted by Gasteiger charge is 2.30. The van der Waals surface area contributed by atoms with Crippen molar-refractivity contribution in [1.82, 2.24) is 0 Å². The molecule has 3 nitrogen and oxygen atoms in total. The fraction of sp³-hybridized carbons (Fsp3) is 0.586. The summed E-state index contributed by atoms with van der Waals surface area (Å²) in [6, 6.07) is 10.7. The molecule has 2 saturated carbocycles. The number of esters is 1. The van der Waals surface area contributed by atoms with Gasteiger partial charge in [0, 0.05) is 0 Å². The van der Waals surface area contributed by atoms with E-state index in [4.69, 9.17) is 10.00 Å². The molecule has 3 rings (SSSR count). The lowest BCUT2D eigenvalue weighted by molar-refractivity contribution is -0.157. The molecule has 1 aromatic rings. The number of allylic oxidation sites excluding steroid dienone is 4. The van der Waals surface area contributed by atoms with Gasteiger partial charge in [-0.15, -0.1) is 0 Å². The van der Waals surface area contributed by atoms with Crippen LogP contribution in [0.5, 0.6) is 0 Å². The first-order valence-corrected chi connectivity index (χ1v) is 12.8. The van der Waals surface area contributed by atoms with Crippen LogP contribution < -0.4 is 0 Å². The van der Waals surface area contributed by atoms with Crippen molar-refractivity contribution in [2.45, 2.75) is 96.0 Å². The Morgan fingerprint density at radius 3 is 2.39 bits per heavy atom. The topological polar surface area (TPSA) is 50.1 Å². The van der Waals surface area contributed by atoms with E-state index in [1.54, 1.807) is 6.08 Å². The number of ether oxygens (including phenoxy) is 1. The zero-order valence-corrected chi connectivity index (χ0v) is 20.0. The van der Waals surface area contributed by atoms with Gasteiger partial charge in [0.1, 0.15) is 12.2 Å². The average Bonchev–Trinajstić information content (AvgIpc) is 2.85. The standard InChI is InChI=1S/C29H38FNO2/c1-2-3-4-6-22-9-13-24(14-10-22)25-17-19-28(20-18-25)33-29(32)26-15-11-23(12-16-26)7-5-8-27(30)21-31/h5,7-10,13-14,23,25-26,28H,2-4,6,11-12,15-20H2,1H3/t23-,25-,26-,28-. The van der Waals surface area contributed by atoms with Gasteiger partial charge < -0.3 is 4.74 Å². The molecular formula is C29H38FNO2. The average molecular weight is 452 g/mol. The lowest BCUT2D eigenvalue weighted by Crippen LogP contribution is -2.29. The Morgan fingerprint density at radius 1 is 1.06 bits per heavy atom. The van der Waals surface area contributed by atoms with Gasteiger partial charge in [-0.25, -0.2) is 0 Å². The van der Waals surface area contributed by atoms with E-state index in [0.29, 0.717) is 11.8 Å². The van der Waals surface area contributed by atoms with Crippen molar-refractivity contribution in [2.75, 3.05) is 0 Å². The highest BCUT2D eigenvalue weighted by Crippen LogP contribution is 2.36. The van der Waals surface area contributed by atoms with E-state index in [1.165, 1.54) is 49.0 Å². The van der Waals surface area contributed by atoms with Gasteiger partial charge in [-0.1, -0.05) is 56.2 Å². The predicted octanol–water partition coefficient (Wildman–Crippen LogP) is 7.73. The van der Waals surface area contributed by atoms with Crippen LogP contribution in [-0.4, -0.2) is 12.1 Å². The van der Waals surface area contributed by atoms with Crippen molar-refractivity contribution in [1.29, 1.82) is 5.26 Å². The van der Waals surface area contributed by atoms with Crippen molar-refractivity contribution in [3.05, 3.63) is 59.4 Å². The van der Waals surface area contributed by atoms with E-state index >= 15 is 0 Å². The molecule has 0 saturated heterocycles. The molecule has 178 valence electrons. The molecule has 0 aliphatic heterocycles. The molecule has 0 heterocycles. The Kier molecular flexibility index (Phi) is 10.2. The van der Waals surface area contributed by atoms with Gasteiger partial charge in [0.25, 0.3) is 0 Å². The first-order valence-electron chi connectivity index (χ1n) is 12.8. The Labute approximate surface area is 198 Å². The summed E-state index contributed by atoms with van der Waals surface area (Å²) in [4.78, 5) is 12.7. The summed E-state index contributed by atoms with van der Waals surface area (Å²) in [6.07, 6.45) is 17.3. The molecule has 0 bridgehead atoms. The van der Waals surface area contributed by atoms with Crippen LogP contribution >= 0.6 is 0 Å². The number of nitriles is 1. The minimum Gasteiger partial charge on any atom is -0.462 e. The quantitative estimate of drug-likeness (QED) is 0.167. The largest absolute Gasteiger partial charge is 0.462 e. The summed E-state index contributed by atoms with van der Waals surface area (Å²) < 4.78 is 18.8. The molecule has 0 N–H and O–H groups in total. The van der Waals surface area contributed by atoms with Crippen LogP contribution in [0.25, 0.3) is 0 Å². The Hall–Kier alpha value is -2.41. The second kappa shape index (κ2) is 13.3. The molecule has 0 radical (unpaired) electrons. The fourth-order valence-electron chi connectivity index (χ4n) is 5.19. The maximum absolute atomic E-state index is 12.9. The van der Waals surface area contributed by atoms with Gasteiger partial charge in [0.2, 0.25) is 0 Å². The monoisotopic (exact) mass is 451 g/mol. The van der Waals surface area contributed by atoms with E-state index in [2.05, 4.69) is 31.2 Å². The number of carbonyl (C=O) groups excluding carboxylic acids is 1. The van der Waals surface area contributed by atoms with Crippen LogP contribution in [0.3, 0.4) is 0 Å². The number of carbonyl (C=O) groups is 1. The van der Waals surface area contributed by atoms with Gasteiger partial charge in [0.05, 0.1) is 5.92 Å². The summed E-state index contributed by atoms with van der Waals surface area (Å²) in [5, 5.41) is 8.44. The first kappa shape index (κ1) is 25.2. The van der Waals surface area contributed by atoms with E-state index in [9.17, 15) is 9.18 Å². The lowest BCUT2D eigenvalue weighted by Gasteiger charge is -2.31. The first-order chi connectivity index (χ1) is 16.1. The molecule has 0 atom stereocenters. The minimum atomic E-state index is -0.780. The van der Waals surface area contributed by atoms with E-state index < -0.39 is 5.83 Å². The molecule has 4 heteroatoms. The van der Waals surface area contributed by atoms with Crippen molar-refractivity contribution in [2.24, 2.45) is 11.8 Å². The second-order valence-corrected chi connectivity index (χ2v) is 9.73. The van der Waals surface area contributed by atoms with Crippen LogP contribution in [0.4, 0.5) is 4.39 Å². The molecule has 33 heavy (non-hydrogen) atoms. The number of halogens is 1. The molecule has 2 aliphatic carbocycles. The molecule has 0 unspecified atom stereocenters. The lowest BCUT2D eigenvalue weighted by atomic mass is 9.81. The maximum Gasteiger partial charge on any atom is 0.309 e. The van der Waals surface area contributed by atoms with Crippen LogP contribution in [0, 0.1) is 23.2 Å². The number of hydrogen-bond donors (Lipinski definition) is 0. The summed E-state index contributed by atoms with van der Waals surface area (Å²) in [7, 11) is 0. The van der Waals surface area contributed by atoms with Gasteiger partial charge in [-0.05, 0) is 93.2 Å². The predicted molar refractivity (Wildman–Crippen MR) is 130 cm³/mol. The number of hydrogen-bond acceptors (Lipinski definition) is 3. The third-order valence-corrected chi connectivity index (χ3v) is 7.31. The number of nitrogens with zero attached hydrogens (tertiary/aromatic N) is 1. The molecule has 0 amide bonds.